The fourth-order valence-electron chi connectivity index (χ4n) is 1.72. The quantitative estimate of drug-likeness (QED) is 0.534. The number of amides is 1. The maximum atomic E-state index is 11.9. The highest BCUT2D eigenvalue weighted by molar-refractivity contribution is 6.38. The maximum Gasteiger partial charge on any atom is 0.263 e. The van der Waals surface area contributed by atoms with Crippen LogP contribution >= 0.6 is 23.2 Å². The van der Waals surface area contributed by atoms with E-state index in [0.29, 0.717) is 22.2 Å². The molecule has 0 aliphatic rings. The van der Waals surface area contributed by atoms with E-state index in [1.807, 2.05) is 6.92 Å². The molecule has 0 heterocycles. The maximum absolute atomic E-state index is 11.9. The average molecular weight is 331 g/mol. The third-order valence-corrected chi connectivity index (χ3v) is 3.62. The van der Waals surface area contributed by atoms with Crippen LogP contribution in [0.25, 0.3) is 0 Å². The molecule has 0 fully saturated rings. The molecule has 0 spiro atoms. The van der Waals surface area contributed by atoms with Gasteiger partial charge in [0.05, 0.1) is 16.3 Å². The standard InChI is InChI=1S/C15H20Cl2N2O2/c1-3-5-9-19(4-2)15(20)11-21-18-10-12-13(16)7-6-8-14(12)17/h6-8,10H,3-5,9,11H2,1-2H3. The SMILES string of the molecule is CCCCN(CC)C(=O)CON=Cc1c(Cl)cccc1Cl. The highest BCUT2D eigenvalue weighted by Gasteiger charge is 2.11. The summed E-state index contributed by atoms with van der Waals surface area (Å²) in [7, 11) is 0. The summed E-state index contributed by atoms with van der Waals surface area (Å²) in [6.45, 7) is 5.36. The highest BCUT2D eigenvalue weighted by atomic mass is 35.5. The molecule has 0 aliphatic heterocycles. The fraction of sp³-hybridized carbons (Fsp3) is 0.467. The summed E-state index contributed by atoms with van der Waals surface area (Å²) in [5.41, 5.74) is 0.576. The Labute approximate surface area is 135 Å². The van der Waals surface area contributed by atoms with E-state index in [-0.39, 0.29) is 12.5 Å². The molecule has 0 aliphatic carbocycles. The molecule has 1 rings (SSSR count). The summed E-state index contributed by atoms with van der Waals surface area (Å²) in [5.74, 6) is -0.0756. The predicted octanol–water partition coefficient (Wildman–Crippen LogP) is 3.99. The summed E-state index contributed by atoms with van der Waals surface area (Å²) < 4.78 is 0. The third kappa shape index (κ3) is 5.94. The van der Waals surface area contributed by atoms with Gasteiger partial charge in [0.15, 0.2) is 6.61 Å². The van der Waals surface area contributed by atoms with E-state index >= 15 is 0 Å². The molecule has 1 aromatic rings. The number of hydrogen-bond acceptors (Lipinski definition) is 3. The zero-order valence-electron chi connectivity index (χ0n) is 12.3. The Morgan fingerprint density at radius 3 is 2.57 bits per heavy atom. The number of rotatable bonds is 8. The van der Waals surface area contributed by atoms with Crippen molar-refractivity contribution in [2.45, 2.75) is 26.7 Å². The number of carbonyl (C=O) groups excluding carboxylic acids is 1. The summed E-state index contributed by atoms with van der Waals surface area (Å²) >= 11 is 12.0. The summed E-state index contributed by atoms with van der Waals surface area (Å²) in [6.07, 6.45) is 3.45. The van der Waals surface area contributed by atoms with Crippen molar-refractivity contribution in [3.63, 3.8) is 0 Å². The van der Waals surface area contributed by atoms with Crippen LogP contribution in [0.3, 0.4) is 0 Å². The number of nitrogens with zero attached hydrogens (tertiary/aromatic N) is 2. The van der Waals surface area contributed by atoms with Crippen LogP contribution in [0, 0.1) is 0 Å². The Morgan fingerprint density at radius 2 is 2.00 bits per heavy atom. The predicted molar refractivity (Wildman–Crippen MR) is 87.2 cm³/mol. The Morgan fingerprint density at radius 1 is 1.33 bits per heavy atom. The molecule has 0 radical (unpaired) electrons. The first-order chi connectivity index (χ1) is 10.1. The first-order valence-corrected chi connectivity index (χ1v) is 7.72. The molecular formula is C15H20Cl2N2O2. The molecule has 0 saturated heterocycles. The van der Waals surface area contributed by atoms with Gasteiger partial charge in [-0.25, -0.2) is 0 Å². The van der Waals surface area contributed by atoms with Crippen LogP contribution in [-0.2, 0) is 9.63 Å². The van der Waals surface area contributed by atoms with E-state index < -0.39 is 0 Å². The molecule has 0 aromatic heterocycles. The lowest BCUT2D eigenvalue weighted by molar-refractivity contribution is -0.135. The van der Waals surface area contributed by atoms with Crippen molar-refractivity contribution in [3.8, 4) is 0 Å². The van der Waals surface area contributed by atoms with Crippen molar-refractivity contribution in [1.82, 2.24) is 4.90 Å². The van der Waals surface area contributed by atoms with Gasteiger partial charge in [0.25, 0.3) is 5.91 Å². The van der Waals surface area contributed by atoms with Gasteiger partial charge in [0.1, 0.15) is 0 Å². The van der Waals surface area contributed by atoms with E-state index in [4.69, 9.17) is 28.0 Å². The molecular weight excluding hydrogens is 311 g/mol. The van der Waals surface area contributed by atoms with Crippen molar-refractivity contribution in [2.75, 3.05) is 19.7 Å². The first kappa shape index (κ1) is 17.8. The lowest BCUT2D eigenvalue weighted by atomic mass is 10.2. The Bertz CT molecular complexity index is 472. The zero-order valence-corrected chi connectivity index (χ0v) is 13.8. The van der Waals surface area contributed by atoms with Gasteiger partial charge in [-0.2, -0.15) is 0 Å². The van der Waals surface area contributed by atoms with Crippen molar-refractivity contribution in [2.24, 2.45) is 5.16 Å². The number of likely N-dealkylation sites (N-methyl/N-ethyl adjacent to an activating group) is 1. The lowest BCUT2D eigenvalue weighted by Gasteiger charge is -2.19. The molecule has 0 unspecified atom stereocenters. The molecule has 4 nitrogen and oxygen atoms in total. The molecule has 116 valence electrons. The monoisotopic (exact) mass is 330 g/mol. The van der Waals surface area contributed by atoms with Crippen LogP contribution in [0.5, 0.6) is 0 Å². The average Bonchev–Trinajstić information content (AvgIpc) is 2.46. The lowest BCUT2D eigenvalue weighted by Crippen LogP contribution is -2.34. The number of benzene rings is 1. The minimum absolute atomic E-state index is 0.0756. The Kier molecular flexibility index (Phi) is 8.16. The van der Waals surface area contributed by atoms with E-state index in [1.165, 1.54) is 6.21 Å². The summed E-state index contributed by atoms with van der Waals surface area (Å²) in [5, 5.41) is 4.73. The van der Waals surface area contributed by atoms with E-state index in [1.54, 1.807) is 23.1 Å². The molecule has 0 saturated carbocycles. The van der Waals surface area contributed by atoms with Gasteiger partial charge in [-0.05, 0) is 25.5 Å². The van der Waals surface area contributed by atoms with Gasteiger partial charge in [-0.15, -0.1) is 0 Å². The second-order valence-electron chi connectivity index (χ2n) is 4.47. The normalized spacial score (nSPS) is 10.9. The van der Waals surface area contributed by atoms with Crippen molar-refractivity contribution >= 4 is 35.3 Å². The molecule has 0 N–H and O–H groups in total. The van der Waals surface area contributed by atoms with Gasteiger partial charge in [-0.1, -0.05) is 47.8 Å². The Balaban J connectivity index is 2.48. The second kappa shape index (κ2) is 9.64. The van der Waals surface area contributed by atoms with Crippen LogP contribution in [-0.4, -0.2) is 36.7 Å². The summed E-state index contributed by atoms with van der Waals surface area (Å²) in [4.78, 5) is 18.7. The van der Waals surface area contributed by atoms with Crippen LogP contribution in [0.15, 0.2) is 23.4 Å². The van der Waals surface area contributed by atoms with Crippen molar-refractivity contribution in [1.29, 1.82) is 0 Å². The highest BCUT2D eigenvalue weighted by Crippen LogP contribution is 2.22. The number of halogens is 2. The summed E-state index contributed by atoms with van der Waals surface area (Å²) in [6, 6.07) is 5.17. The minimum atomic E-state index is -0.0872. The topological polar surface area (TPSA) is 41.9 Å². The van der Waals surface area contributed by atoms with Crippen molar-refractivity contribution < 1.29 is 9.63 Å². The second-order valence-corrected chi connectivity index (χ2v) is 5.28. The minimum Gasteiger partial charge on any atom is -0.386 e. The number of unbranched alkanes of at least 4 members (excludes halogenated alkanes) is 1. The smallest absolute Gasteiger partial charge is 0.263 e. The van der Waals surface area contributed by atoms with E-state index in [2.05, 4.69) is 12.1 Å². The largest absolute Gasteiger partial charge is 0.386 e. The van der Waals surface area contributed by atoms with Crippen LogP contribution < -0.4 is 0 Å². The first-order valence-electron chi connectivity index (χ1n) is 6.97. The number of carbonyl (C=O) groups is 1. The number of oxime groups is 1. The van der Waals surface area contributed by atoms with Gasteiger partial charge in [0, 0.05) is 18.7 Å². The third-order valence-electron chi connectivity index (χ3n) is 2.96. The van der Waals surface area contributed by atoms with E-state index in [0.717, 1.165) is 19.4 Å². The van der Waals surface area contributed by atoms with Gasteiger partial charge >= 0.3 is 0 Å². The van der Waals surface area contributed by atoms with Gasteiger partial charge in [-0.3, -0.25) is 4.79 Å². The molecule has 1 aromatic carbocycles. The molecule has 0 atom stereocenters. The van der Waals surface area contributed by atoms with Crippen LogP contribution in [0.4, 0.5) is 0 Å². The van der Waals surface area contributed by atoms with Crippen molar-refractivity contribution in [3.05, 3.63) is 33.8 Å². The zero-order chi connectivity index (χ0) is 15.7. The molecule has 21 heavy (non-hydrogen) atoms. The van der Waals surface area contributed by atoms with Crippen LogP contribution in [0.1, 0.15) is 32.3 Å². The van der Waals surface area contributed by atoms with Crippen LogP contribution in [0.2, 0.25) is 10.0 Å². The van der Waals surface area contributed by atoms with Gasteiger partial charge < -0.3 is 9.74 Å². The Hall–Kier alpha value is -1.26. The van der Waals surface area contributed by atoms with Gasteiger partial charge in [0.2, 0.25) is 0 Å². The molecule has 6 heteroatoms. The van der Waals surface area contributed by atoms with E-state index in [9.17, 15) is 4.79 Å². The molecule has 0 bridgehead atoms. The molecule has 1 amide bonds. The fourth-order valence-corrected chi connectivity index (χ4v) is 2.21. The number of hydrogen-bond donors (Lipinski definition) is 0.